The number of rotatable bonds is 9. The third-order valence-electron chi connectivity index (χ3n) is 7.14. The molecule has 2 N–H and O–H groups in total. The molecule has 0 radical (unpaired) electrons. The number of likely N-dealkylation sites (tertiary alicyclic amines) is 1. The van der Waals surface area contributed by atoms with Crippen molar-refractivity contribution in [2.75, 3.05) is 13.1 Å². The first kappa shape index (κ1) is 24.3. The van der Waals surface area contributed by atoms with Crippen LogP contribution in [0.2, 0.25) is 0 Å². The number of hydrogen-bond acceptors (Lipinski definition) is 4. The first-order chi connectivity index (χ1) is 17.6. The van der Waals surface area contributed by atoms with Crippen LogP contribution in [0, 0.1) is 0 Å². The molecular formula is C28H32N4O3S. The highest BCUT2D eigenvalue weighted by molar-refractivity contribution is 7.09. The van der Waals surface area contributed by atoms with Crippen LogP contribution in [0.25, 0.3) is 11.0 Å². The Kier molecular flexibility index (Phi) is 7.53. The van der Waals surface area contributed by atoms with Crippen molar-refractivity contribution in [3.8, 4) is 0 Å². The van der Waals surface area contributed by atoms with E-state index in [9.17, 15) is 14.7 Å². The summed E-state index contributed by atoms with van der Waals surface area (Å²) in [7, 11) is 0. The van der Waals surface area contributed by atoms with Crippen molar-refractivity contribution in [2.45, 2.75) is 50.9 Å². The number of nitrogens with zero attached hydrogens (tertiary/aromatic N) is 3. The molecule has 1 aliphatic heterocycles. The standard InChI is InChI=1S/C28H32N4O3S/c33-27-29-25-12-4-5-13-26(25)32(27)23-14-16-31(28(34)35)22(18-23)10-6-15-30(20-24-11-7-17-36-24)19-21-8-2-1-3-9-21/h1-5,7-9,11-13,17,22-23H,6,10,14-16,18-20H2,(H,29,33)(H,34,35)/t22-,23-/m0/s1. The van der Waals surface area contributed by atoms with Crippen LogP contribution < -0.4 is 5.69 Å². The third-order valence-corrected chi connectivity index (χ3v) is 8.00. The summed E-state index contributed by atoms with van der Waals surface area (Å²) in [6, 6.07) is 22.3. The minimum absolute atomic E-state index is 0.0132. The van der Waals surface area contributed by atoms with Crippen LogP contribution in [-0.4, -0.2) is 49.7 Å². The summed E-state index contributed by atoms with van der Waals surface area (Å²) in [5.41, 5.74) is 2.87. The van der Waals surface area contributed by atoms with Gasteiger partial charge in [-0.2, -0.15) is 0 Å². The molecule has 7 nitrogen and oxygen atoms in total. The highest BCUT2D eigenvalue weighted by Crippen LogP contribution is 2.31. The molecule has 0 saturated carbocycles. The van der Waals surface area contributed by atoms with Gasteiger partial charge in [0.25, 0.3) is 0 Å². The van der Waals surface area contributed by atoms with Crippen molar-refractivity contribution in [1.82, 2.24) is 19.4 Å². The van der Waals surface area contributed by atoms with Gasteiger partial charge in [0, 0.05) is 36.6 Å². The molecule has 0 spiro atoms. The molecule has 1 amide bonds. The number of aromatic amines is 1. The smallest absolute Gasteiger partial charge is 0.407 e. The van der Waals surface area contributed by atoms with Gasteiger partial charge in [-0.1, -0.05) is 48.5 Å². The molecule has 0 aliphatic carbocycles. The quantitative estimate of drug-likeness (QED) is 0.313. The van der Waals surface area contributed by atoms with Crippen molar-refractivity contribution >= 4 is 28.5 Å². The van der Waals surface area contributed by atoms with E-state index in [1.165, 1.54) is 10.4 Å². The number of H-pyrrole nitrogens is 1. The highest BCUT2D eigenvalue weighted by Gasteiger charge is 2.33. The molecule has 2 atom stereocenters. The average molecular weight is 505 g/mol. The summed E-state index contributed by atoms with van der Waals surface area (Å²) in [6.45, 7) is 3.07. The van der Waals surface area contributed by atoms with Gasteiger partial charge in [0.05, 0.1) is 11.0 Å². The third kappa shape index (κ3) is 5.55. The Balaban J connectivity index is 1.28. The summed E-state index contributed by atoms with van der Waals surface area (Å²) < 4.78 is 1.83. The lowest BCUT2D eigenvalue weighted by Crippen LogP contribution is -2.47. The van der Waals surface area contributed by atoms with Crippen LogP contribution in [0.1, 0.15) is 42.2 Å². The summed E-state index contributed by atoms with van der Waals surface area (Å²) in [6.07, 6.45) is 2.09. The van der Waals surface area contributed by atoms with Gasteiger partial charge in [-0.15, -0.1) is 11.3 Å². The molecule has 8 heteroatoms. The normalized spacial score (nSPS) is 18.2. The summed E-state index contributed by atoms with van der Waals surface area (Å²) in [5, 5.41) is 12.0. The number of imidazole rings is 1. The minimum Gasteiger partial charge on any atom is -0.465 e. The maximum absolute atomic E-state index is 12.8. The van der Waals surface area contributed by atoms with Crippen LogP contribution in [0.15, 0.2) is 76.9 Å². The zero-order valence-electron chi connectivity index (χ0n) is 20.3. The fraction of sp³-hybridized carbons (Fsp3) is 0.357. The van der Waals surface area contributed by atoms with Crippen LogP contribution >= 0.6 is 11.3 Å². The Morgan fingerprint density at radius 2 is 1.86 bits per heavy atom. The maximum atomic E-state index is 12.8. The van der Waals surface area contributed by atoms with Gasteiger partial charge in [0.2, 0.25) is 0 Å². The maximum Gasteiger partial charge on any atom is 0.407 e. The largest absolute Gasteiger partial charge is 0.465 e. The van der Waals surface area contributed by atoms with Crippen LogP contribution in [0.5, 0.6) is 0 Å². The lowest BCUT2D eigenvalue weighted by Gasteiger charge is -2.38. The van der Waals surface area contributed by atoms with Crippen molar-refractivity contribution in [2.24, 2.45) is 0 Å². The Labute approximate surface area is 214 Å². The lowest BCUT2D eigenvalue weighted by molar-refractivity contribution is 0.0853. The second kappa shape index (κ2) is 11.1. The number of amides is 1. The molecule has 2 aromatic heterocycles. The number of fused-ring (bicyclic) bond motifs is 1. The molecule has 5 rings (SSSR count). The molecule has 2 aromatic carbocycles. The SMILES string of the molecule is O=C(O)N1CC[C@H](n2c(=O)[nH]c3ccccc32)C[C@@H]1CCCN(Cc1ccccc1)Cc1cccs1. The number of carboxylic acid groups (broad SMARTS) is 1. The van der Waals surface area contributed by atoms with Crippen LogP contribution in [0.4, 0.5) is 4.79 Å². The molecule has 36 heavy (non-hydrogen) atoms. The Morgan fingerprint density at radius 1 is 1.06 bits per heavy atom. The number of aromatic nitrogens is 2. The van der Waals surface area contributed by atoms with E-state index >= 15 is 0 Å². The first-order valence-corrected chi connectivity index (χ1v) is 13.4. The number of carbonyl (C=O) groups is 1. The van der Waals surface area contributed by atoms with Gasteiger partial charge in [-0.25, -0.2) is 9.59 Å². The van der Waals surface area contributed by atoms with Crippen LogP contribution in [0.3, 0.4) is 0 Å². The number of benzene rings is 2. The number of thiophene rings is 1. The van der Waals surface area contributed by atoms with Gasteiger partial charge in [-0.05, 0) is 61.4 Å². The predicted molar refractivity (Wildman–Crippen MR) is 143 cm³/mol. The number of para-hydroxylation sites is 2. The highest BCUT2D eigenvalue weighted by atomic mass is 32.1. The van der Waals surface area contributed by atoms with Gasteiger partial charge >= 0.3 is 11.8 Å². The molecular weight excluding hydrogens is 472 g/mol. The summed E-state index contributed by atoms with van der Waals surface area (Å²) in [5.74, 6) is 0. The molecule has 3 heterocycles. The van der Waals surface area contributed by atoms with Gasteiger partial charge in [0.1, 0.15) is 0 Å². The van der Waals surface area contributed by atoms with Gasteiger partial charge in [0.15, 0.2) is 0 Å². The summed E-state index contributed by atoms with van der Waals surface area (Å²) in [4.78, 5) is 33.1. The predicted octanol–water partition coefficient (Wildman–Crippen LogP) is 5.56. The van der Waals surface area contributed by atoms with E-state index in [1.54, 1.807) is 16.2 Å². The molecule has 0 unspecified atom stereocenters. The van der Waals surface area contributed by atoms with Gasteiger partial charge < -0.3 is 15.0 Å². The van der Waals surface area contributed by atoms with Crippen molar-refractivity contribution in [3.05, 3.63) is 93.0 Å². The second-order valence-corrected chi connectivity index (χ2v) is 10.6. The van der Waals surface area contributed by atoms with E-state index in [-0.39, 0.29) is 17.8 Å². The zero-order valence-corrected chi connectivity index (χ0v) is 21.1. The van der Waals surface area contributed by atoms with Crippen molar-refractivity contribution in [3.63, 3.8) is 0 Å². The van der Waals surface area contributed by atoms with E-state index in [4.69, 9.17) is 0 Å². The molecule has 1 fully saturated rings. The van der Waals surface area contributed by atoms with E-state index in [1.807, 2.05) is 34.9 Å². The molecule has 188 valence electrons. The Morgan fingerprint density at radius 3 is 2.64 bits per heavy atom. The Bertz CT molecular complexity index is 1330. The fourth-order valence-corrected chi connectivity index (χ4v) is 6.20. The minimum atomic E-state index is -0.871. The topological polar surface area (TPSA) is 81.6 Å². The van der Waals surface area contributed by atoms with Gasteiger partial charge in [-0.3, -0.25) is 9.47 Å². The van der Waals surface area contributed by atoms with E-state index in [0.717, 1.165) is 43.5 Å². The fourth-order valence-electron chi connectivity index (χ4n) is 5.46. The second-order valence-electron chi connectivity index (χ2n) is 9.54. The average Bonchev–Trinajstić information content (AvgIpc) is 3.51. The van der Waals surface area contributed by atoms with Crippen molar-refractivity contribution < 1.29 is 9.90 Å². The van der Waals surface area contributed by atoms with Crippen LogP contribution in [-0.2, 0) is 13.1 Å². The zero-order chi connectivity index (χ0) is 24.9. The molecule has 1 saturated heterocycles. The number of nitrogens with one attached hydrogen (secondary N) is 1. The lowest BCUT2D eigenvalue weighted by atomic mass is 9.93. The monoisotopic (exact) mass is 504 g/mol. The molecule has 0 bridgehead atoms. The number of hydrogen-bond donors (Lipinski definition) is 2. The Hall–Kier alpha value is -3.36. The number of piperidine rings is 1. The molecule has 1 aliphatic rings. The van der Waals surface area contributed by atoms with E-state index < -0.39 is 6.09 Å². The van der Waals surface area contributed by atoms with E-state index in [0.29, 0.717) is 19.4 Å². The van der Waals surface area contributed by atoms with Crippen molar-refractivity contribution in [1.29, 1.82) is 0 Å². The molecule has 4 aromatic rings. The first-order valence-electron chi connectivity index (χ1n) is 12.6. The summed E-state index contributed by atoms with van der Waals surface area (Å²) >= 11 is 1.77. The van der Waals surface area contributed by atoms with E-state index in [2.05, 4.69) is 51.7 Å².